The molecule has 1 aromatic heterocycles. The van der Waals surface area contributed by atoms with E-state index in [4.69, 9.17) is 5.84 Å². The van der Waals surface area contributed by atoms with Crippen LogP contribution >= 0.6 is 11.8 Å². The Morgan fingerprint density at radius 1 is 1.26 bits per heavy atom. The van der Waals surface area contributed by atoms with Crippen LogP contribution < -0.4 is 11.4 Å². The molecule has 1 saturated heterocycles. The van der Waals surface area contributed by atoms with Gasteiger partial charge in [-0.25, -0.2) is 8.42 Å². The molecule has 0 aliphatic carbocycles. The molecule has 0 radical (unpaired) electrons. The summed E-state index contributed by atoms with van der Waals surface area (Å²) in [7, 11) is -2.98. The number of nitrogens with two attached hydrogens (primary N) is 1. The summed E-state index contributed by atoms with van der Waals surface area (Å²) >= 11 is 1.19. The minimum Gasteiger partial charge on any atom is -0.334 e. The lowest BCUT2D eigenvalue weighted by molar-refractivity contribution is 0.602. The lowest BCUT2D eigenvalue weighted by Crippen LogP contribution is -2.34. The van der Waals surface area contributed by atoms with Crippen LogP contribution in [-0.2, 0) is 16.3 Å². The van der Waals surface area contributed by atoms with Gasteiger partial charge in [-0.15, -0.1) is 10.2 Å². The molecule has 1 aliphatic rings. The predicted molar refractivity (Wildman–Crippen MR) is 88.6 cm³/mol. The Morgan fingerprint density at radius 3 is 2.65 bits per heavy atom. The highest BCUT2D eigenvalue weighted by Gasteiger charge is 2.30. The standard InChI is InChI=1S/C14H16N4O3S2/c15-18-13(19)12(8-10-4-2-1-3-5-10)16-17-14(18)22-11-6-7-23(20,21)9-11/h1-5,11H,6-9,15H2. The number of hydrogen-bond donors (Lipinski definition) is 1. The van der Waals surface area contributed by atoms with Crippen molar-refractivity contribution in [2.45, 2.75) is 23.2 Å². The highest BCUT2D eigenvalue weighted by atomic mass is 32.2. The van der Waals surface area contributed by atoms with Crippen molar-refractivity contribution >= 4 is 21.6 Å². The number of aromatic nitrogens is 3. The molecule has 0 bridgehead atoms. The molecule has 9 heteroatoms. The normalized spacial score (nSPS) is 19.7. The Morgan fingerprint density at radius 2 is 2.00 bits per heavy atom. The van der Waals surface area contributed by atoms with Crippen LogP contribution in [-0.4, -0.2) is 40.0 Å². The Balaban J connectivity index is 1.79. The molecule has 1 atom stereocenters. The van der Waals surface area contributed by atoms with Crippen molar-refractivity contribution in [2.75, 3.05) is 17.3 Å². The number of nitrogen functional groups attached to an aromatic ring is 1. The molecule has 1 fully saturated rings. The molecule has 3 rings (SSSR count). The Bertz CT molecular complexity index is 865. The van der Waals surface area contributed by atoms with Crippen LogP contribution in [0, 0.1) is 0 Å². The summed E-state index contributed by atoms with van der Waals surface area (Å²) in [5, 5.41) is 8.09. The molecule has 2 aromatic rings. The first-order valence-corrected chi connectivity index (χ1v) is 9.79. The van der Waals surface area contributed by atoms with Gasteiger partial charge in [-0.1, -0.05) is 42.1 Å². The average Bonchev–Trinajstić information content (AvgIpc) is 2.87. The third kappa shape index (κ3) is 3.73. The Hall–Kier alpha value is -1.87. The monoisotopic (exact) mass is 352 g/mol. The fourth-order valence-corrected chi connectivity index (χ4v) is 5.81. The second-order valence-corrected chi connectivity index (χ2v) is 8.91. The van der Waals surface area contributed by atoms with Gasteiger partial charge in [-0.05, 0) is 12.0 Å². The first kappa shape index (κ1) is 16.0. The largest absolute Gasteiger partial charge is 0.334 e. The minimum absolute atomic E-state index is 0.0826. The van der Waals surface area contributed by atoms with Gasteiger partial charge in [0, 0.05) is 11.7 Å². The maximum absolute atomic E-state index is 12.3. The topological polar surface area (TPSA) is 108 Å². The van der Waals surface area contributed by atoms with E-state index in [-0.39, 0.29) is 27.6 Å². The van der Waals surface area contributed by atoms with Gasteiger partial charge in [0.15, 0.2) is 9.84 Å². The fourth-order valence-electron chi connectivity index (χ4n) is 2.40. The quantitative estimate of drug-likeness (QED) is 0.784. The SMILES string of the molecule is Nn1c(SC2CCS(=O)(=O)C2)nnc(Cc2ccccc2)c1=O. The van der Waals surface area contributed by atoms with E-state index in [1.54, 1.807) is 0 Å². The Labute approximate surface area is 137 Å². The molecule has 0 amide bonds. The van der Waals surface area contributed by atoms with Crippen LogP contribution in [0.5, 0.6) is 0 Å². The van der Waals surface area contributed by atoms with E-state index < -0.39 is 15.4 Å². The van der Waals surface area contributed by atoms with Crippen molar-refractivity contribution in [3.8, 4) is 0 Å². The smallest absolute Gasteiger partial charge is 0.294 e. The molecule has 2 N–H and O–H groups in total. The number of benzene rings is 1. The lowest BCUT2D eigenvalue weighted by Gasteiger charge is -2.10. The average molecular weight is 352 g/mol. The zero-order valence-electron chi connectivity index (χ0n) is 12.3. The van der Waals surface area contributed by atoms with Gasteiger partial charge in [-0.3, -0.25) is 4.79 Å². The summed E-state index contributed by atoms with van der Waals surface area (Å²) in [6.45, 7) is 0. The molecule has 0 spiro atoms. The van der Waals surface area contributed by atoms with Gasteiger partial charge in [-0.2, -0.15) is 4.68 Å². The van der Waals surface area contributed by atoms with Crippen LogP contribution in [0.1, 0.15) is 17.7 Å². The van der Waals surface area contributed by atoms with Crippen molar-refractivity contribution in [3.05, 3.63) is 51.9 Å². The van der Waals surface area contributed by atoms with E-state index in [9.17, 15) is 13.2 Å². The van der Waals surface area contributed by atoms with Gasteiger partial charge in [0.25, 0.3) is 5.56 Å². The number of hydrogen-bond acceptors (Lipinski definition) is 7. The van der Waals surface area contributed by atoms with Crippen molar-refractivity contribution < 1.29 is 8.42 Å². The summed E-state index contributed by atoms with van der Waals surface area (Å²) in [6.07, 6.45) is 0.890. The summed E-state index contributed by atoms with van der Waals surface area (Å²) in [4.78, 5) is 12.3. The van der Waals surface area contributed by atoms with Crippen molar-refractivity contribution in [1.82, 2.24) is 14.9 Å². The van der Waals surface area contributed by atoms with E-state index in [1.165, 1.54) is 11.8 Å². The summed E-state index contributed by atoms with van der Waals surface area (Å²) < 4.78 is 23.9. The second kappa shape index (κ2) is 6.32. The number of rotatable bonds is 4. The van der Waals surface area contributed by atoms with Gasteiger partial charge in [0.2, 0.25) is 5.16 Å². The van der Waals surface area contributed by atoms with E-state index in [0.717, 1.165) is 10.2 Å². The molecule has 0 saturated carbocycles. The number of sulfone groups is 1. The molecule has 23 heavy (non-hydrogen) atoms. The van der Waals surface area contributed by atoms with Crippen LogP contribution in [0.15, 0.2) is 40.3 Å². The third-order valence-electron chi connectivity index (χ3n) is 3.61. The molecular formula is C14H16N4O3S2. The van der Waals surface area contributed by atoms with Gasteiger partial charge >= 0.3 is 0 Å². The van der Waals surface area contributed by atoms with Crippen LogP contribution in [0.3, 0.4) is 0 Å². The summed E-state index contributed by atoms with van der Waals surface area (Å²) in [5.74, 6) is 6.06. The minimum atomic E-state index is -2.98. The maximum Gasteiger partial charge on any atom is 0.294 e. The zero-order chi connectivity index (χ0) is 16.4. The maximum atomic E-state index is 12.3. The Kier molecular flexibility index (Phi) is 4.40. The second-order valence-electron chi connectivity index (χ2n) is 5.41. The van der Waals surface area contributed by atoms with Crippen LogP contribution in [0.4, 0.5) is 0 Å². The van der Waals surface area contributed by atoms with Gasteiger partial charge < -0.3 is 5.84 Å². The highest BCUT2D eigenvalue weighted by Crippen LogP contribution is 2.28. The molecular weight excluding hydrogens is 336 g/mol. The summed E-state index contributed by atoms with van der Waals surface area (Å²) in [5.41, 5.74) is 0.801. The first-order chi connectivity index (χ1) is 10.9. The van der Waals surface area contributed by atoms with Crippen molar-refractivity contribution in [3.63, 3.8) is 0 Å². The van der Waals surface area contributed by atoms with Gasteiger partial charge in [0.1, 0.15) is 5.69 Å². The molecule has 7 nitrogen and oxygen atoms in total. The third-order valence-corrected chi connectivity index (χ3v) is 6.81. The number of nitrogens with zero attached hydrogens (tertiary/aromatic N) is 3. The molecule has 1 aliphatic heterocycles. The van der Waals surface area contributed by atoms with E-state index in [0.29, 0.717) is 12.8 Å². The molecule has 2 heterocycles. The lowest BCUT2D eigenvalue weighted by atomic mass is 10.1. The number of thioether (sulfide) groups is 1. The fraction of sp³-hybridized carbons (Fsp3) is 0.357. The van der Waals surface area contributed by atoms with E-state index in [1.807, 2.05) is 30.3 Å². The molecule has 122 valence electrons. The summed E-state index contributed by atoms with van der Waals surface area (Å²) in [6, 6.07) is 9.46. The van der Waals surface area contributed by atoms with Crippen LogP contribution in [0.2, 0.25) is 0 Å². The van der Waals surface area contributed by atoms with E-state index in [2.05, 4.69) is 10.2 Å². The molecule has 1 aromatic carbocycles. The predicted octanol–water partition coefficient (Wildman–Crippen LogP) is 0.222. The van der Waals surface area contributed by atoms with Crippen molar-refractivity contribution in [2.24, 2.45) is 0 Å². The first-order valence-electron chi connectivity index (χ1n) is 7.09. The van der Waals surface area contributed by atoms with Crippen molar-refractivity contribution in [1.29, 1.82) is 0 Å². The molecule has 1 unspecified atom stereocenters. The van der Waals surface area contributed by atoms with Gasteiger partial charge in [0.05, 0.1) is 11.5 Å². The van der Waals surface area contributed by atoms with Crippen LogP contribution in [0.25, 0.3) is 0 Å². The highest BCUT2D eigenvalue weighted by molar-refractivity contribution is 8.01. The van der Waals surface area contributed by atoms with E-state index >= 15 is 0 Å². The zero-order valence-corrected chi connectivity index (χ0v) is 13.9.